The van der Waals surface area contributed by atoms with Crippen LogP contribution >= 0.6 is 0 Å². The first kappa shape index (κ1) is 21.1. The first-order valence-electron chi connectivity index (χ1n) is 11.6. The highest BCUT2D eigenvalue weighted by Gasteiger charge is 2.45. The van der Waals surface area contributed by atoms with E-state index in [1.807, 2.05) is 0 Å². The second-order valence-electron chi connectivity index (χ2n) is 9.72. The lowest BCUT2D eigenvalue weighted by Crippen LogP contribution is -2.45. The third kappa shape index (κ3) is 4.62. The average molecular weight is 405 g/mol. The van der Waals surface area contributed by atoms with Crippen molar-refractivity contribution >= 4 is 5.91 Å². The number of rotatable bonds is 5. The smallest absolute Gasteiger partial charge is 0.223 e. The van der Waals surface area contributed by atoms with Crippen molar-refractivity contribution in [3.05, 3.63) is 70.8 Å². The van der Waals surface area contributed by atoms with E-state index in [1.54, 1.807) is 0 Å². The average Bonchev–Trinajstić information content (AvgIpc) is 2.90. The van der Waals surface area contributed by atoms with Crippen molar-refractivity contribution in [3.8, 4) is 0 Å². The van der Waals surface area contributed by atoms with E-state index >= 15 is 0 Å². The third-order valence-corrected chi connectivity index (χ3v) is 7.20. The van der Waals surface area contributed by atoms with Gasteiger partial charge >= 0.3 is 0 Å². The van der Waals surface area contributed by atoms with Crippen LogP contribution in [0.2, 0.25) is 0 Å². The second kappa shape index (κ2) is 8.93. The fourth-order valence-corrected chi connectivity index (χ4v) is 5.18. The van der Waals surface area contributed by atoms with E-state index in [0.717, 1.165) is 45.4 Å². The minimum atomic E-state index is 0.0538. The molecule has 0 bridgehead atoms. The highest BCUT2D eigenvalue weighted by molar-refractivity contribution is 5.79. The molecule has 0 aliphatic carbocycles. The topological polar surface area (TPSA) is 23.6 Å². The van der Waals surface area contributed by atoms with Crippen LogP contribution in [0.15, 0.2) is 48.5 Å². The van der Waals surface area contributed by atoms with E-state index in [2.05, 4.69) is 79.1 Å². The van der Waals surface area contributed by atoms with Gasteiger partial charge in [0.1, 0.15) is 0 Å². The lowest BCUT2D eigenvalue weighted by atomic mass is 9.87. The van der Waals surface area contributed by atoms with Crippen molar-refractivity contribution in [2.75, 3.05) is 13.1 Å². The minimum Gasteiger partial charge on any atom is -0.333 e. The number of carbonyl (C=O) groups excluding carboxylic acids is 1. The zero-order valence-electron chi connectivity index (χ0n) is 18.9. The third-order valence-electron chi connectivity index (χ3n) is 7.20. The molecule has 30 heavy (non-hydrogen) atoms. The summed E-state index contributed by atoms with van der Waals surface area (Å²) in [6.45, 7) is 10.6. The number of benzene rings is 2. The van der Waals surface area contributed by atoms with Gasteiger partial charge in [0.25, 0.3) is 0 Å². The maximum Gasteiger partial charge on any atom is 0.223 e. The van der Waals surface area contributed by atoms with Gasteiger partial charge in [-0.3, -0.25) is 9.69 Å². The normalized spacial score (nSPS) is 22.8. The van der Waals surface area contributed by atoms with Gasteiger partial charge in [-0.2, -0.15) is 0 Å². The molecule has 0 saturated carbocycles. The summed E-state index contributed by atoms with van der Waals surface area (Å²) >= 11 is 0. The zero-order chi connectivity index (χ0) is 21.1. The van der Waals surface area contributed by atoms with Crippen molar-refractivity contribution in [1.82, 2.24) is 9.80 Å². The number of amides is 1. The second-order valence-corrected chi connectivity index (χ2v) is 9.72. The first-order chi connectivity index (χ1) is 14.4. The van der Waals surface area contributed by atoms with E-state index in [4.69, 9.17) is 0 Å². The lowest BCUT2D eigenvalue weighted by Gasteiger charge is -2.38. The lowest BCUT2D eigenvalue weighted by molar-refractivity contribution is -0.132. The molecular formula is C27H36N2O. The quantitative estimate of drug-likeness (QED) is 0.641. The fraction of sp³-hybridized carbons (Fsp3) is 0.519. The highest BCUT2D eigenvalue weighted by atomic mass is 16.2. The molecule has 1 spiro atoms. The molecule has 160 valence electrons. The molecule has 4 rings (SSSR count). The Labute approximate surface area is 182 Å². The highest BCUT2D eigenvalue weighted by Crippen LogP contribution is 2.40. The van der Waals surface area contributed by atoms with Crippen LogP contribution in [0.4, 0.5) is 0 Å². The van der Waals surface area contributed by atoms with Crippen LogP contribution in [-0.4, -0.2) is 34.3 Å². The summed E-state index contributed by atoms with van der Waals surface area (Å²) in [5.74, 6) is 0.921. The molecule has 2 aromatic rings. The maximum absolute atomic E-state index is 12.8. The maximum atomic E-state index is 12.8. The Balaban J connectivity index is 1.42. The van der Waals surface area contributed by atoms with E-state index in [-0.39, 0.29) is 5.54 Å². The molecule has 0 unspecified atom stereocenters. The summed E-state index contributed by atoms with van der Waals surface area (Å²) in [7, 11) is 0. The molecule has 2 heterocycles. The first-order valence-corrected chi connectivity index (χ1v) is 11.6. The Morgan fingerprint density at radius 1 is 0.867 bits per heavy atom. The fourth-order valence-electron chi connectivity index (χ4n) is 5.18. The molecule has 2 aliphatic heterocycles. The number of likely N-dealkylation sites (tertiary alicyclic amines) is 2. The SMILES string of the molecule is Cc1ccc(CN2C(=O)CC[C@]23CCCN(Cc2ccc(C(C)C)cc2)CC3)cc1. The van der Waals surface area contributed by atoms with Gasteiger partial charge in [0, 0.05) is 31.6 Å². The minimum absolute atomic E-state index is 0.0538. The molecular weight excluding hydrogens is 368 g/mol. The van der Waals surface area contributed by atoms with Crippen molar-refractivity contribution in [2.45, 2.75) is 77.4 Å². The Morgan fingerprint density at radius 3 is 2.23 bits per heavy atom. The summed E-state index contributed by atoms with van der Waals surface area (Å²) < 4.78 is 0. The molecule has 3 heteroatoms. The Bertz CT molecular complexity index is 855. The van der Waals surface area contributed by atoms with Crippen LogP contribution in [0.25, 0.3) is 0 Å². The number of nitrogens with zero attached hydrogens (tertiary/aromatic N) is 2. The van der Waals surface area contributed by atoms with Crippen molar-refractivity contribution in [3.63, 3.8) is 0 Å². The molecule has 2 aliphatic rings. The Kier molecular flexibility index (Phi) is 6.29. The Hall–Kier alpha value is -2.13. The van der Waals surface area contributed by atoms with Crippen LogP contribution in [0.1, 0.15) is 74.1 Å². The van der Waals surface area contributed by atoms with Crippen LogP contribution < -0.4 is 0 Å². The van der Waals surface area contributed by atoms with Crippen molar-refractivity contribution in [1.29, 1.82) is 0 Å². The molecule has 1 atom stereocenters. The standard InChI is InChI=1S/C27H36N2O/c1-21(2)25-11-9-23(10-12-25)19-28-17-4-14-27(16-18-28)15-13-26(30)29(27)20-24-7-5-22(3)6-8-24/h5-12,21H,4,13-20H2,1-3H3/t27-/m0/s1. The molecule has 1 amide bonds. The van der Waals surface area contributed by atoms with Crippen molar-refractivity contribution in [2.24, 2.45) is 0 Å². The van der Waals surface area contributed by atoms with E-state index in [1.165, 1.54) is 28.7 Å². The number of aryl methyl sites for hydroxylation is 1. The van der Waals surface area contributed by atoms with Gasteiger partial charge < -0.3 is 4.90 Å². The molecule has 3 nitrogen and oxygen atoms in total. The number of carbonyl (C=O) groups is 1. The molecule has 0 N–H and O–H groups in total. The summed E-state index contributed by atoms with van der Waals surface area (Å²) in [4.78, 5) is 17.6. The summed E-state index contributed by atoms with van der Waals surface area (Å²) in [5, 5.41) is 0. The molecule has 0 aromatic heterocycles. The monoisotopic (exact) mass is 404 g/mol. The predicted octanol–water partition coefficient (Wildman–Crippen LogP) is 5.67. The molecule has 2 aromatic carbocycles. The van der Waals surface area contributed by atoms with Crippen LogP contribution in [0.3, 0.4) is 0 Å². The predicted molar refractivity (Wildman–Crippen MR) is 123 cm³/mol. The molecule has 2 saturated heterocycles. The van der Waals surface area contributed by atoms with E-state index in [0.29, 0.717) is 18.2 Å². The number of hydrogen-bond donors (Lipinski definition) is 0. The zero-order valence-corrected chi connectivity index (χ0v) is 18.9. The van der Waals surface area contributed by atoms with E-state index < -0.39 is 0 Å². The van der Waals surface area contributed by atoms with Gasteiger partial charge in [-0.05, 0) is 61.8 Å². The largest absolute Gasteiger partial charge is 0.333 e. The van der Waals surface area contributed by atoms with Gasteiger partial charge in [-0.1, -0.05) is 67.9 Å². The summed E-state index contributed by atoms with van der Waals surface area (Å²) in [5.41, 5.74) is 5.38. The van der Waals surface area contributed by atoms with Gasteiger partial charge in [0.15, 0.2) is 0 Å². The molecule has 0 radical (unpaired) electrons. The van der Waals surface area contributed by atoms with Gasteiger partial charge in [0.2, 0.25) is 5.91 Å². The van der Waals surface area contributed by atoms with Gasteiger partial charge in [0.05, 0.1) is 0 Å². The summed E-state index contributed by atoms with van der Waals surface area (Å²) in [6, 6.07) is 17.8. The van der Waals surface area contributed by atoms with Crippen LogP contribution in [-0.2, 0) is 17.9 Å². The van der Waals surface area contributed by atoms with Gasteiger partial charge in [-0.25, -0.2) is 0 Å². The van der Waals surface area contributed by atoms with Crippen LogP contribution in [0.5, 0.6) is 0 Å². The number of hydrogen-bond acceptors (Lipinski definition) is 2. The van der Waals surface area contributed by atoms with E-state index in [9.17, 15) is 4.79 Å². The molecule has 2 fully saturated rings. The van der Waals surface area contributed by atoms with Gasteiger partial charge in [-0.15, -0.1) is 0 Å². The van der Waals surface area contributed by atoms with Crippen LogP contribution in [0, 0.1) is 6.92 Å². The summed E-state index contributed by atoms with van der Waals surface area (Å²) in [6.07, 6.45) is 5.13. The Morgan fingerprint density at radius 2 is 1.53 bits per heavy atom. The van der Waals surface area contributed by atoms with Crippen molar-refractivity contribution < 1.29 is 4.79 Å².